The van der Waals surface area contributed by atoms with E-state index in [0.29, 0.717) is 5.56 Å². The summed E-state index contributed by atoms with van der Waals surface area (Å²) in [6.45, 7) is 0. The van der Waals surface area contributed by atoms with Gasteiger partial charge in [0.25, 0.3) is 0 Å². The maximum absolute atomic E-state index is 12.7. The van der Waals surface area contributed by atoms with Crippen molar-refractivity contribution in [3.05, 3.63) is 41.3 Å². The van der Waals surface area contributed by atoms with Crippen LogP contribution >= 0.6 is 0 Å². The Morgan fingerprint density at radius 2 is 2.29 bits per heavy atom. The molecular weight excluding hydrogens is 185 g/mol. The highest BCUT2D eigenvalue weighted by Gasteiger charge is 2.03. The van der Waals surface area contributed by atoms with Crippen LogP contribution in [0.25, 0.3) is 6.08 Å². The third-order valence-corrected chi connectivity index (χ3v) is 1.59. The summed E-state index contributed by atoms with van der Waals surface area (Å²) < 4.78 is 17.1. The van der Waals surface area contributed by atoms with Crippen LogP contribution in [-0.4, -0.2) is 13.1 Å². The first-order valence-corrected chi connectivity index (χ1v) is 3.94. The van der Waals surface area contributed by atoms with Gasteiger partial charge in [0.1, 0.15) is 11.5 Å². The fourth-order valence-electron chi connectivity index (χ4n) is 0.953. The fraction of sp³-hybridized carbons (Fsp3) is 0.100. The van der Waals surface area contributed by atoms with Crippen LogP contribution in [0, 0.1) is 5.82 Å². The molecule has 0 spiro atoms. The molecule has 0 radical (unpaired) electrons. The zero-order valence-electron chi connectivity index (χ0n) is 7.66. The summed E-state index contributed by atoms with van der Waals surface area (Å²) in [5.74, 6) is -1.01. The Morgan fingerprint density at radius 1 is 1.57 bits per heavy atom. The van der Waals surface area contributed by atoms with Gasteiger partial charge in [0.15, 0.2) is 0 Å². The number of carbonyl (C=O) groups excluding carboxylic acids is 1. The normalized spacial score (nSPS) is 11.1. The Kier molecular flexibility index (Phi) is 3.23. The monoisotopic (exact) mass is 195 g/mol. The smallest absolute Gasteiger partial charge is 0.353 e. The van der Waals surface area contributed by atoms with Gasteiger partial charge in [0.2, 0.25) is 0 Å². The van der Waals surface area contributed by atoms with Crippen molar-refractivity contribution >= 4 is 12.0 Å². The van der Waals surface area contributed by atoms with Crippen molar-refractivity contribution < 1.29 is 13.9 Å². The number of hydrogen-bond donors (Lipinski definition) is 1. The Balaban J connectivity index is 2.91. The van der Waals surface area contributed by atoms with Gasteiger partial charge in [-0.25, -0.2) is 9.18 Å². The van der Waals surface area contributed by atoms with E-state index in [1.807, 2.05) is 0 Å². The molecule has 0 unspecified atom stereocenters. The minimum atomic E-state index is -0.630. The molecule has 0 aliphatic carbocycles. The van der Waals surface area contributed by atoms with Crippen LogP contribution in [0.15, 0.2) is 30.0 Å². The average Bonchev–Trinajstić information content (AvgIpc) is 2.16. The number of rotatable bonds is 2. The minimum absolute atomic E-state index is 0.0573. The lowest BCUT2D eigenvalue weighted by atomic mass is 10.2. The van der Waals surface area contributed by atoms with Gasteiger partial charge >= 0.3 is 5.97 Å². The van der Waals surface area contributed by atoms with Gasteiger partial charge in [-0.15, -0.1) is 0 Å². The van der Waals surface area contributed by atoms with Crippen LogP contribution in [0.3, 0.4) is 0 Å². The first kappa shape index (κ1) is 10.2. The van der Waals surface area contributed by atoms with Crippen LogP contribution in [0.2, 0.25) is 0 Å². The van der Waals surface area contributed by atoms with Crippen LogP contribution < -0.4 is 5.73 Å². The molecule has 0 fully saturated rings. The summed E-state index contributed by atoms with van der Waals surface area (Å²) >= 11 is 0. The van der Waals surface area contributed by atoms with Gasteiger partial charge in [-0.3, -0.25) is 0 Å². The molecule has 1 aromatic rings. The van der Waals surface area contributed by atoms with Gasteiger partial charge in [-0.05, 0) is 23.8 Å². The number of methoxy groups -OCH3 is 1. The van der Waals surface area contributed by atoms with E-state index in [2.05, 4.69) is 4.74 Å². The second-order valence-corrected chi connectivity index (χ2v) is 2.65. The molecule has 0 aliphatic rings. The summed E-state index contributed by atoms with van der Waals surface area (Å²) in [4.78, 5) is 10.9. The number of hydrogen-bond acceptors (Lipinski definition) is 3. The standard InChI is InChI=1S/C10H10FNO2/c1-14-10(13)9(12)6-7-3-2-4-8(11)5-7/h2-6H,12H2,1H3. The van der Waals surface area contributed by atoms with E-state index in [1.165, 1.54) is 31.4 Å². The second-order valence-electron chi connectivity index (χ2n) is 2.65. The molecule has 0 aliphatic heterocycles. The highest BCUT2D eigenvalue weighted by molar-refractivity contribution is 5.92. The van der Waals surface area contributed by atoms with E-state index in [4.69, 9.17) is 5.73 Å². The zero-order valence-corrected chi connectivity index (χ0v) is 7.66. The Morgan fingerprint density at radius 3 is 2.86 bits per heavy atom. The summed E-state index contributed by atoms with van der Waals surface area (Å²) in [6.07, 6.45) is 1.36. The number of halogens is 1. The number of esters is 1. The Labute approximate surface area is 81.0 Å². The van der Waals surface area contributed by atoms with E-state index in [9.17, 15) is 9.18 Å². The lowest BCUT2D eigenvalue weighted by Gasteiger charge is -1.98. The van der Waals surface area contributed by atoms with E-state index < -0.39 is 5.97 Å². The molecule has 0 amide bonds. The quantitative estimate of drug-likeness (QED) is 0.571. The minimum Gasteiger partial charge on any atom is -0.464 e. The van der Waals surface area contributed by atoms with E-state index in [-0.39, 0.29) is 11.5 Å². The van der Waals surface area contributed by atoms with Crippen LogP contribution in [0.5, 0.6) is 0 Å². The van der Waals surface area contributed by atoms with Crippen molar-refractivity contribution in [2.75, 3.05) is 7.11 Å². The lowest BCUT2D eigenvalue weighted by Crippen LogP contribution is -2.12. The summed E-state index contributed by atoms with van der Waals surface area (Å²) in [5.41, 5.74) is 5.84. The molecule has 0 heterocycles. The molecule has 0 atom stereocenters. The molecule has 0 saturated heterocycles. The molecule has 1 rings (SSSR count). The molecule has 0 saturated carbocycles. The van der Waals surface area contributed by atoms with Crippen molar-refractivity contribution in [1.29, 1.82) is 0 Å². The molecule has 1 aromatic carbocycles. The van der Waals surface area contributed by atoms with Gasteiger partial charge in [0.05, 0.1) is 7.11 Å². The van der Waals surface area contributed by atoms with Crippen LogP contribution in [0.1, 0.15) is 5.56 Å². The van der Waals surface area contributed by atoms with Gasteiger partial charge in [0, 0.05) is 0 Å². The van der Waals surface area contributed by atoms with E-state index in [1.54, 1.807) is 6.07 Å². The summed E-state index contributed by atoms with van der Waals surface area (Å²) in [7, 11) is 1.23. The molecule has 14 heavy (non-hydrogen) atoms. The van der Waals surface area contributed by atoms with Crippen LogP contribution in [0.4, 0.5) is 4.39 Å². The van der Waals surface area contributed by atoms with Crippen molar-refractivity contribution in [2.45, 2.75) is 0 Å². The molecule has 3 nitrogen and oxygen atoms in total. The number of ether oxygens (including phenoxy) is 1. The maximum atomic E-state index is 12.7. The number of nitrogens with two attached hydrogens (primary N) is 1. The number of carbonyl (C=O) groups is 1. The van der Waals surface area contributed by atoms with Gasteiger partial charge in [-0.2, -0.15) is 0 Å². The fourth-order valence-corrected chi connectivity index (χ4v) is 0.953. The molecule has 0 aromatic heterocycles. The summed E-state index contributed by atoms with van der Waals surface area (Å²) in [6, 6.07) is 5.76. The third kappa shape index (κ3) is 2.58. The first-order chi connectivity index (χ1) is 6.63. The second kappa shape index (κ2) is 4.41. The van der Waals surface area contributed by atoms with Gasteiger partial charge < -0.3 is 10.5 Å². The molecule has 0 bridgehead atoms. The van der Waals surface area contributed by atoms with Crippen molar-refractivity contribution in [3.8, 4) is 0 Å². The predicted octanol–water partition coefficient (Wildman–Crippen LogP) is 1.30. The number of benzene rings is 1. The lowest BCUT2D eigenvalue weighted by molar-refractivity contribution is -0.136. The average molecular weight is 195 g/mol. The topological polar surface area (TPSA) is 52.3 Å². The highest BCUT2D eigenvalue weighted by Crippen LogP contribution is 2.07. The highest BCUT2D eigenvalue weighted by atomic mass is 19.1. The largest absolute Gasteiger partial charge is 0.464 e. The summed E-state index contributed by atoms with van der Waals surface area (Å²) in [5, 5.41) is 0. The maximum Gasteiger partial charge on any atom is 0.353 e. The van der Waals surface area contributed by atoms with Crippen molar-refractivity contribution in [3.63, 3.8) is 0 Å². The van der Waals surface area contributed by atoms with Gasteiger partial charge in [-0.1, -0.05) is 12.1 Å². The van der Waals surface area contributed by atoms with Crippen molar-refractivity contribution in [1.82, 2.24) is 0 Å². The SMILES string of the molecule is COC(=O)C(N)=Cc1cccc(F)c1. The molecule has 74 valence electrons. The zero-order chi connectivity index (χ0) is 10.6. The predicted molar refractivity (Wildman–Crippen MR) is 50.6 cm³/mol. The Hall–Kier alpha value is -1.84. The van der Waals surface area contributed by atoms with Crippen LogP contribution in [-0.2, 0) is 9.53 Å². The van der Waals surface area contributed by atoms with Crippen molar-refractivity contribution in [2.24, 2.45) is 5.73 Å². The van der Waals surface area contributed by atoms with E-state index in [0.717, 1.165) is 0 Å². The third-order valence-electron chi connectivity index (χ3n) is 1.59. The Bertz CT molecular complexity index is 374. The molecule has 2 N–H and O–H groups in total. The molecule has 4 heteroatoms. The first-order valence-electron chi connectivity index (χ1n) is 3.94. The molecular formula is C10H10FNO2. The van der Waals surface area contributed by atoms with E-state index >= 15 is 0 Å².